The van der Waals surface area contributed by atoms with Gasteiger partial charge in [-0.25, -0.2) is 4.39 Å². The van der Waals surface area contributed by atoms with Gasteiger partial charge in [-0.15, -0.1) is 5.10 Å². The van der Waals surface area contributed by atoms with Crippen molar-refractivity contribution >= 4 is 33.4 Å². The van der Waals surface area contributed by atoms with Crippen LogP contribution in [0.1, 0.15) is 10.4 Å². The number of fused-ring (bicyclic) bond motifs is 1. The van der Waals surface area contributed by atoms with E-state index in [1.165, 1.54) is 23.8 Å². The summed E-state index contributed by atoms with van der Waals surface area (Å²) in [5, 5.41) is 7.03. The molecule has 6 nitrogen and oxygen atoms in total. The van der Waals surface area contributed by atoms with Crippen LogP contribution in [0.4, 0.5) is 10.3 Å². The number of nitrogens with one attached hydrogen (secondary N) is 1. The maximum Gasteiger partial charge on any atom is 0.258 e. The van der Waals surface area contributed by atoms with Crippen LogP contribution >= 0.6 is 15.9 Å². The van der Waals surface area contributed by atoms with Gasteiger partial charge in [0.1, 0.15) is 5.82 Å². The van der Waals surface area contributed by atoms with E-state index < -0.39 is 0 Å². The number of carbonyl (C=O) groups excluding carboxylic acids is 1. The van der Waals surface area contributed by atoms with Crippen molar-refractivity contribution in [3.8, 4) is 17.0 Å². The molecule has 2 heterocycles. The summed E-state index contributed by atoms with van der Waals surface area (Å²) in [5.74, 6) is -0.0545. The number of hydrogen-bond donors (Lipinski definition) is 1. The summed E-state index contributed by atoms with van der Waals surface area (Å²) in [6, 6.07) is 16.6. The standard InChI is InChI=1S/C20H14BrFN4O2/c1-28-17-11-10-16(12-4-8-15(22)9-5-12)18-23-20(25-26(17)18)24-19(27)13-2-6-14(21)7-3-13/h2-11H,1H3,(H,24,25,27). The fourth-order valence-corrected chi connectivity index (χ4v) is 3.04. The number of nitrogens with zero attached hydrogens (tertiary/aromatic N) is 3. The van der Waals surface area contributed by atoms with E-state index in [9.17, 15) is 9.18 Å². The first kappa shape index (κ1) is 18.1. The summed E-state index contributed by atoms with van der Waals surface area (Å²) in [6.45, 7) is 0. The van der Waals surface area contributed by atoms with Crippen molar-refractivity contribution in [2.45, 2.75) is 0 Å². The summed E-state index contributed by atoms with van der Waals surface area (Å²) in [4.78, 5) is 16.9. The molecule has 28 heavy (non-hydrogen) atoms. The predicted octanol–water partition coefficient (Wildman–Crippen LogP) is 4.56. The molecule has 0 aliphatic rings. The zero-order valence-electron chi connectivity index (χ0n) is 14.7. The smallest absolute Gasteiger partial charge is 0.258 e. The van der Waals surface area contributed by atoms with E-state index in [0.29, 0.717) is 17.1 Å². The normalized spacial score (nSPS) is 10.8. The number of rotatable bonds is 4. The largest absolute Gasteiger partial charge is 0.481 e. The van der Waals surface area contributed by atoms with E-state index in [1.807, 2.05) is 6.07 Å². The Hall–Kier alpha value is -3.26. The van der Waals surface area contributed by atoms with Gasteiger partial charge in [0.2, 0.25) is 11.8 Å². The van der Waals surface area contributed by atoms with E-state index >= 15 is 0 Å². The van der Waals surface area contributed by atoms with Crippen LogP contribution in [-0.2, 0) is 0 Å². The molecule has 0 spiro atoms. The van der Waals surface area contributed by atoms with Gasteiger partial charge in [0.25, 0.3) is 5.91 Å². The van der Waals surface area contributed by atoms with Crippen molar-refractivity contribution in [3.63, 3.8) is 0 Å². The lowest BCUT2D eigenvalue weighted by Crippen LogP contribution is -2.12. The van der Waals surface area contributed by atoms with Crippen LogP contribution in [0.25, 0.3) is 16.8 Å². The highest BCUT2D eigenvalue weighted by molar-refractivity contribution is 9.10. The van der Waals surface area contributed by atoms with Crippen molar-refractivity contribution in [1.82, 2.24) is 14.6 Å². The summed E-state index contributed by atoms with van der Waals surface area (Å²) in [7, 11) is 1.52. The quantitative estimate of drug-likeness (QED) is 0.504. The summed E-state index contributed by atoms with van der Waals surface area (Å²) < 4.78 is 21.0. The molecule has 1 amide bonds. The molecule has 0 saturated carbocycles. The molecule has 4 rings (SSSR count). The Balaban J connectivity index is 1.74. The Morgan fingerprint density at radius 1 is 1.07 bits per heavy atom. The number of carbonyl (C=O) groups is 1. The van der Waals surface area contributed by atoms with Crippen LogP contribution in [0.5, 0.6) is 5.88 Å². The molecule has 0 atom stereocenters. The van der Waals surface area contributed by atoms with Crippen LogP contribution < -0.4 is 10.1 Å². The van der Waals surface area contributed by atoms with Crippen molar-refractivity contribution < 1.29 is 13.9 Å². The maximum absolute atomic E-state index is 13.3. The molecule has 0 aliphatic heterocycles. The number of hydrogen-bond acceptors (Lipinski definition) is 4. The third-order valence-electron chi connectivity index (χ3n) is 4.15. The first-order valence-corrected chi connectivity index (χ1v) is 9.11. The van der Waals surface area contributed by atoms with E-state index in [2.05, 4.69) is 31.3 Å². The monoisotopic (exact) mass is 440 g/mol. The van der Waals surface area contributed by atoms with Crippen LogP contribution in [0.2, 0.25) is 0 Å². The van der Waals surface area contributed by atoms with Gasteiger partial charge in [-0.3, -0.25) is 10.1 Å². The summed E-state index contributed by atoms with van der Waals surface area (Å²) in [6.07, 6.45) is 0. The van der Waals surface area contributed by atoms with Gasteiger partial charge >= 0.3 is 0 Å². The van der Waals surface area contributed by atoms with Gasteiger partial charge in [-0.05, 0) is 48.0 Å². The maximum atomic E-state index is 13.3. The summed E-state index contributed by atoms with van der Waals surface area (Å²) >= 11 is 3.34. The molecular formula is C20H14BrFN4O2. The second-order valence-corrected chi connectivity index (χ2v) is 6.84. The highest BCUT2D eigenvalue weighted by Gasteiger charge is 2.16. The lowest BCUT2D eigenvalue weighted by atomic mass is 10.1. The average Bonchev–Trinajstić information content (AvgIpc) is 3.12. The molecule has 4 aromatic rings. The molecule has 0 fully saturated rings. The van der Waals surface area contributed by atoms with Crippen LogP contribution in [0, 0.1) is 5.82 Å². The minimum Gasteiger partial charge on any atom is -0.481 e. The van der Waals surface area contributed by atoms with Gasteiger partial charge < -0.3 is 4.74 Å². The number of anilines is 1. The Morgan fingerprint density at radius 3 is 2.46 bits per heavy atom. The number of ether oxygens (including phenoxy) is 1. The molecular weight excluding hydrogens is 427 g/mol. The fourth-order valence-electron chi connectivity index (χ4n) is 2.78. The lowest BCUT2D eigenvalue weighted by molar-refractivity contribution is 0.102. The number of halogens is 2. The Morgan fingerprint density at radius 2 is 1.79 bits per heavy atom. The van der Waals surface area contributed by atoms with E-state index in [1.54, 1.807) is 42.5 Å². The first-order chi connectivity index (χ1) is 13.5. The summed E-state index contributed by atoms with van der Waals surface area (Å²) in [5.41, 5.74) is 2.47. The number of benzene rings is 2. The molecule has 140 valence electrons. The molecule has 0 saturated heterocycles. The molecule has 2 aromatic carbocycles. The fraction of sp³-hybridized carbons (Fsp3) is 0.0500. The highest BCUT2D eigenvalue weighted by Crippen LogP contribution is 2.28. The molecule has 0 bridgehead atoms. The number of aromatic nitrogens is 3. The van der Waals surface area contributed by atoms with Gasteiger partial charge in [-0.2, -0.15) is 9.50 Å². The van der Waals surface area contributed by atoms with Crippen molar-refractivity contribution in [2.24, 2.45) is 0 Å². The highest BCUT2D eigenvalue weighted by atomic mass is 79.9. The van der Waals surface area contributed by atoms with Crippen LogP contribution in [0.15, 0.2) is 65.1 Å². The Kier molecular flexibility index (Phi) is 4.79. The number of amides is 1. The van der Waals surface area contributed by atoms with Gasteiger partial charge in [-0.1, -0.05) is 28.1 Å². The number of methoxy groups -OCH3 is 1. The van der Waals surface area contributed by atoms with Crippen molar-refractivity contribution in [3.05, 3.63) is 76.5 Å². The Labute approximate surface area is 168 Å². The molecule has 1 N–H and O–H groups in total. The topological polar surface area (TPSA) is 68.5 Å². The lowest BCUT2D eigenvalue weighted by Gasteiger charge is -2.06. The van der Waals surface area contributed by atoms with Crippen LogP contribution in [0.3, 0.4) is 0 Å². The third-order valence-corrected chi connectivity index (χ3v) is 4.67. The molecule has 0 radical (unpaired) electrons. The minimum atomic E-state index is -0.328. The van der Waals surface area contributed by atoms with E-state index in [0.717, 1.165) is 15.6 Å². The molecule has 2 aromatic heterocycles. The third kappa shape index (κ3) is 3.46. The molecule has 0 aliphatic carbocycles. The minimum absolute atomic E-state index is 0.140. The Bertz CT molecular complexity index is 1160. The van der Waals surface area contributed by atoms with E-state index in [-0.39, 0.29) is 17.7 Å². The van der Waals surface area contributed by atoms with Gasteiger partial charge in [0, 0.05) is 21.7 Å². The molecule has 8 heteroatoms. The van der Waals surface area contributed by atoms with Crippen LogP contribution in [-0.4, -0.2) is 27.6 Å². The van der Waals surface area contributed by atoms with E-state index in [4.69, 9.17) is 4.74 Å². The second kappa shape index (κ2) is 7.40. The predicted molar refractivity (Wildman–Crippen MR) is 107 cm³/mol. The van der Waals surface area contributed by atoms with Gasteiger partial charge in [0.15, 0.2) is 5.65 Å². The van der Waals surface area contributed by atoms with Gasteiger partial charge in [0.05, 0.1) is 7.11 Å². The number of pyridine rings is 1. The first-order valence-electron chi connectivity index (χ1n) is 8.32. The second-order valence-electron chi connectivity index (χ2n) is 5.93. The SMILES string of the molecule is COc1ccc(-c2ccc(F)cc2)c2nc(NC(=O)c3ccc(Br)cc3)nn12. The van der Waals surface area contributed by atoms with Crippen molar-refractivity contribution in [2.75, 3.05) is 12.4 Å². The zero-order chi connectivity index (χ0) is 19.7. The zero-order valence-corrected chi connectivity index (χ0v) is 16.3. The average molecular weight is 441 g/mol. The molecule has 0 unspecified atom stereocenters. The van der Waals surface area contributed by atoms with Crippen molar-refractivity contribution in [1.29, 1.82) is 0 Å².